The van der Waals surface area contributed by atoms with Gasteiger partial charge in [0.1, 0.15) is 0 Å². The molecule has 1 aromatic rings. The monoisotopic (exact) mass is 252 g/mol. The topological polar surface area (TPSA) is 37.3 Å². The highest BCUT2D eigenvalue weighted by molar-refractivity contribution is 8.00. The Morgan fingerprint density at radius 3 is 2.06 bits per heavy atom. The molecule has 94 valence electrons. The second-order valence-corrected chi connectivity index (χ2v) is 6.12. The molecule has 0 radical (unpaired) electrons. The molecule has 0 saturated carbocycles. The summed E-state index contributed by atoms with van der Waals surface area (Å²) < 4.78 is 0. The van der Waals surface area contributed by atoms with Gasteiger partial charge < -0.3 is 5.11 Å². The van der Waals surface area contributed by atoms with Crippen molar-refractivity contribution >= 4 is 17.7 Å². The summed E-state index contributed by atoms with van der Waals surface area (Å²) in [5.41, 5.74) is 1.31. The van der Waals surface area contributed by atoms with Crippen molar-refractivity contribution in [1.82, 2.24) is 0 Å². The highest BCUT2D eigenvalue weighted by Gasteiger charge is 2.20. The van der Waals surface area contributed by atoms with Crippen LogP contribution in [-0.4, -0.2) is 16.3 Å². The van der Waals surface area contributed by atoms with Crippen molar-refractivity contribution in [1.29, 1.82) is 0 Å². The maximum atomic E-state index is 10.9. The molecule has 2 unspecified atom stereocenters. The fourth-order valence-electron chi connectivity index (χ4n) is 1.45. The SMILES string of the molecule is CC(C)c1ccc(SC(C)C(C)C(=O)O)cc1. The molecule has 1 aromatic carbocycles. The van der Waals surface area contributed by atoms with E-state index in [0.29, 0.717) is 5.92 Å². The predicted molar refractivity (Wildman–Crippen MR) is 72.6 cm³/mol. The van der Waals surface area contributed by atoms with Crippen LogP contribution >= 0.6 is 11.8 Å². The quantitative estimate of drug-likeness (QED) is 0.804. The largest absolute Gasteiger partial charge is 0.481 e. The summed E-state index contributed by atoms with van der Waals surface area (Å²) in [5, 5.41) is 9.01. The fourth-order valence-corrected chi connectivity index (χ4v) is 2.49. The second kappa shape index (κ2) is 6.10. The van der Waals surface area contributed by atoms with Crippen molar-refractivity contribution in [3.05, 3.63) is 29.8 Å². The van der Waals surface area contributed by atoms with Gasteiger partial charge in [-0.1, -0.05) is 39.8 Å². The van der Waals surface area contributed by atoms with E-state index in [1.54, 1.807) is 18.7 Å². The first-order chi connectivity index (χ1) is 7.91. The van der Waals surface area contributed by atoms with Crippen molar-refractivity contribution in [2.75, 3.05) is 0 Å². The Morgan fingerprint density at radius 1 is 1.12 bits per heavy atom. The van der Waals surface area contributed by atoms with Gasteiger partial charge in [0.25, 0.3) is 0 Å². The van der Waals surface area contributed by atoms with Crippen molar-refractivity contribution in [2.45, 2.75) is 43.8 Å². The zero-order chi connectivity index (χ0) is 13.0. The number of carboxylic acid groups (broad SMARTS) is 1. The third-order valence-electron chi connectivity index (χ3n) is 2.96. The maximum absolute atomic E-state index is 10.9. The van der Waals surface area contributed by atoms with Crippen molar-refractivity contribution < 1.29 is 9.90 Å². The number of hydrogen-bond acceptors (Lipinski definition) is 2. The molecule has 2 atom stereocenters. The van der Waals surface area contributed by atoms with E-state index in [-0.39, 0.29) is 11.2 Å². The zero-order valence-corrected chi connectivity index (χ0v) is 11.6. The summed E-state index contributed by atoms with van der Waals surface area (Å²) in [4.78, 5) is 12.0. The Labute approximate surface area is 107 Å². The van der Waals surface area contributed by atoms with Crippen molar-refractivity contribution in [3.8, 4) is 0 Å². The van der Waals surface area contributed by atoms with E-state index >= 15 is 0 Å². The van der Waals surface area contributed by atoms with E-state index in [1.807, 2.05) is 6.92 Å². The lowest BCUT2D eigenvalue weighted by atomic mass is 10.0. The minimum atomic E-state index is -0.733. The summed E-state index contributed by atoms with van der Waals surface area (Å²) in [5.74, 6) is -0.530. The van der Waals surface area contributed by atoms with Crippen LogP contribution in [0.4, 0.5) is 0 Å². The molecule has 0 bridgehead atoms. The van der Waals surface area contributed by atoms with Gasteiger partial charge >= 0.3 is 5.97 Å². The smallest absolute Gasteiger partial charge is 0.307 e. The molecule has 0 aliphatic heterocycles. The number of carbonyl (C=O) groups is 1. The molecule has 0 saturated heterocycles. The van der Waals surface area contributed by atoms with Gasteiger partial charge in [-0.25, -0.2) is 0 Å². The molecule has 0 aliphatic carbocycles. The third kappa shape index (κ3) is 4.08. The summed E-state index contributed by atoms with van der Waals surface area (Å²) >= 11 is 1.62. The number of benzene rings is 1. The molecule has 3 heteroatoms. The first kappa shape index (κ1) is 14.1. The Bertz CT molecular complexity index is 370. The van der Waals surface area contributed by atoms with E-state index in [1.165, 1.54) is 5.56 Å². The minimum absolute atomic E-state index is 0.0809. The summed E-state index contributed by atoms with van der Waals surface area (Å²) in [6.45, 7) is 8.04. The van der Waals surface area contributed by atoms with Gasteiger partial charge in [0.05, 0.1) is 5.92 Å². The molecule has 17 heavy (non-hydrogen) atoms. The number of rotatable bonds is 5. The molecule has 0 heterocycles. The molecular weight excluding hydrogens is 232 g/mol. The molecule has 0 aromatic heterocycles. The van der Waals surface area contributed by atoms with Gasteiger partial charge in [-0.2, -0.15) is 0 Å². The number of aliphatic carboxylic acids is 1. The normalized spacial score (nSPS) is 14.6. The number of hydrogen-bond donors (Lipinski definition) is 1. The van der Waals surface area contributed by atoms with E-state index in [0.717, 1.165) is 4.90 Å². The van der Waals surface area contributed by atoms with Crippen LogP contribution in [0, 0.1) is 5.92 Å². The number of thioether (sulfide) groups is 1. The second-order valence-electron chi connectivity index (χ2n) is 4.67. The molecule has 0 fully saturated rings. The molecule has 1 rings (SSSR count). The van der Waals surface area contributed by atoms with Crippen LogP contribution in [0.2, 0.25) is 0 Å². The summed E-state index contributed by atoms with van der Waals surface area (Å²) in [6.07, 6.45) is 0. The molecule has 0 aliphatic rings. The Balaban J connectivity index is 2.66. The lowest BCUT2D eigenvalue weighted by molar-refractivity contribution is -0.140. The number of carboxylic acids is 1. The van der Waals surface area contributed by atoms with Crippen molar-refractivity contribution in [3.63, 3.8) is 0 Å². The average molecular weight is 252 g/mol. The molecule has 2 nitrogen and oxygen atoms in total. The molecular formula is C14H20O2S. The van der Waals surface area contributed by atoms with Crippen LogP contribution in [0.15, 0.2) is 29.2 Å². The van der Waals surface area contributed by atoms with Gasteiger partial charge in [-0.3, -0.25) is 4.79 Å². The highest BCUT2D eigenvalue weighted by atomic mass is 32.2. The molecule has 0 amide bonds. The van der Waals surface area contributed by atoms with E-state index in [4.69, 9.17) is 5.11 Å². The van der Waals surface area contributed by atoms with Crippen molar-refractivity contribution in [2.24, 2.45) is 5.92 Å². The van der Waals surface area contributed by atoms with Crippen LogP contribution < -0.4 is 0 Å². The lowest BCUT2D eigenvalue weighted by Crippen LogP contribution is -2.19. The van der Waals surface area contributed by atoms with E-state index in [2.05, 4.69) is 38.1 Å². The minimum Gasteiger partial charge on any atom is -0.481 e. The first-order valence-electron chi connectivity index (χ1n) is 5.91. The van der Waals surface area contributed by atoms with Crippen LogP contribution in [0.5, 0.6) is 0 Å². The van der Waals surface area contributed by atoms with E-state index < -0.39 is 5.97 Å². The first-order valence-corrected chi connectivity index (χ1v) is 6.79. The van der Waals surface area contributed by atoms with Crippen LogP contribution in [0.3, 0.4) is 0 Å². The summed E-state index contributed by atoms with van der Waals surface area (Å²) in [6, 6.07) is 8.38. The van der Waals surface area contributed by atoms with Crippen LogP contribution in [0.1, 0.15) is 39.2 Å². The van der Waals surface area contributed by atoms with Gasteiger partial charge in [-0.15, -0.1) is 11.8 Å². The Hall–Kier alpha value is -0.960. The van der Waals surface area contributed by atoms with Gasteiger partial charge in [0, 0.05) is 10.1 Å². The standard InChI is InChI=1S/C14H20O2S/c1-9(2)12-5-7-13(8-6-12)17-11(4)10(3)14(15)16/h5-11H,1-4H3,(H,15,16). The van der Waals surface area contributed by atoms with Gasteiger partial charge in [0.2, 0.25) is 0 Å². The zero-order valence-electron chi connectivity index (χ0n) is 10.8. The Kier molecular flexibility index (Phi) is 5.06. The maximum Gasteiger partial charge on any atom is 0.307 e. The van der Waals surface area contributed by atoms with Crippen LogP contribution in [0.25, 0.3) is 0 Å². The van der Waals surface area contributed by atoms with Gasteiger partial charge in [0.15, 0.2) is 0 Å². The molecule has 0 spiro atoms. The third-order valence-corrected chi connectivity index (χ3v) is 4.29. The average Bonchev–Trinajstić information content (AvgIpc) is 2.28. The fraction of sp³-hybridized carbons (Fsp3) is 0.500. The van der Waals surface area contributed by atoms with Crippen LogP contribution in [-0.2, 0) is 4.79 Å². The predicted octanol–water partition coefficient (Wildman–Crippen LogP) is 4.01. The highest BCUT2D eigenvalue weighted by Crippen LogP contribution is 2.29. The van der Waals surface area contributed by atoms with E-state index in [9.17, 15) is 4.79 Å². The molecule has 1 N–H and O–H groups in total. The summed E-state index contributed by atoms with van der Waals surface area (Å²) in [7, 11) is 0. The Morgan fingerprint density at radius 2 is 1.65 bits per heavy atom. The van der Waals surface area contributed by atoms with Gasteiger partial charge in [-0.05, 0) is 23.6 Å². The lowest BCUT2D eigenvalue weighted by Gasteiger charge is -2.15.